The number of thiol groups is 1. The van der Waals surface area contributed by atoms with E-state index >= 15 is 0 Å². The van der Waals surface area contributed by atoms with Crippen LogP contribution in [0.15, 0.2) is 0 Å². The van der Waals surface area contributed by atoms with Crippen LogP contribution in [0.1, 0.15) is 20.8 Å². The largest absolute Gasteiger partial charge is 0.345 e. The summed E-state index contributed by atoms with van der Waals surface area (Å²) < 4.78 is 0. The number of carbonyl (C=O) groups is 1. The molecule has 0 saturated heterocycles. The molecule has 1 atom stereocenters. The summed E-state index contributed by atoms with van der Waals surface area (Å²) in [7, 11) is 0. The molecule has 0 fully saturated rings. The number of amides is 1. The van der Waals surface area contributed by atoms with Crippen molar-refractivity contribution in [1.29, 1.82) is 0 Å². The quantitative estimate of drug-likeness (QED) is 0.443. The lowest BCUT2D eigenvalue weighted by Crippen LogP contribution is -2.32. The highest BCUT2D eigenvalue weighted by Crippen LogP contribution is 1.93. The van der Waals surface area contributed by atoms with E-state index in [9.17, 15) is 4.79 Å². The van der Waals surface area contributed by atoms with Gasteiger partial charge in [0.15, 0.2) is 0 Å². The first-order valence-electron chi connectivity index (χ1n) is 3.02. The van der Waals surface area contributed by atoms with Gasteiger partial charge in [0, 0.05) is 5.92 Å². The predicted octanol–water partition coefficient (Wildman–Crippen LogP) is 1.03. The van der Waals surface area contributed by atoms with Gasteiger partial charge < -0.3 is 5.32 Å². The van der Waals surface area contributed by atoms with E-state index in [0.29, 0.717) is 0 Å². The fourth-order valence-corrected chi connectivity index (χ4v) is 0.500. The Kier molecular flexibility index (Phi) is 3.70. The molecule has 0 aromatic rings. The Morgan fingerprint density at radius 1 is 1.44 bits per heavy atom. The van der Waals surface area contributed by atoms with Gasteiger partial charge in [0.05, 0.1) is 5.37 Å². The fourth-order valence-electron chi connectivity index (χ4n) is 0.373. The van der Waals surface area contributed by atoms with E-state index in [0.717, 1.165) is 0 Å². The van der Waals surface area contributed by atoms with Crippen molar-refractivity contribution in [2.45, 2.75) is 26.1 Å². The maximum atomic E-state index is 10.8. The van der Waals surface area contributed by atoms with Gasteiger partial charge in [-0.15, -0.1) is 0 Å². The molecular weight excluding hydrogens is 134 g/mol. The van der Waals surface area contributed by atoms with Gasteiger partial charge in [0.1, 0.15) is 0 Å². The van der Waals surface area contributed by atoms with Crippen molar-refractivity contribution in [3.05, 3.63) is 0 Å². The molecule has 0 aromatic heterocycles. The zero-order valence-electron chi connectivity index (χ0n) is 6.01. The molecule has 9 heavy (non-hydrogen) atoms. The second-order valence-electron chi connectivity index (χ2n) is 2.34. The van der Waals surface area contributed by atoms with Crippen molar-refractivity contribution in [3.8, 4) is 0 Å². The highest BCUT2D eigenvalue weighted by molar-refractivity contribution is 7.80. The average Bonchev–Trinajstić information content (AvgIpc) is 1.63. The maximum Gasteiger partial charge on any atom is 0.223 e. The second kappa shape index (κ2) is 3.77. The van der Waals surface area contributed by atoms with Crippen LogP contribution in [-0.4, -0.2) is 11.3 Å². The van der Waals surface area contributed by atoms with Crippen molar-refractivity contribution >= 4 is 18.5 Å². The zero-order chi connectivity index (χ0) is 7.44. The summed E-state index contributed by atoms with van der Waals surface area (Å²) in [6.45, 7) is 5.53. The van der Waals surface area contributed by atoms with Crippen LogP contribution in [0.4, 0.5) is 0 Å². The lowest BCUT2D eigenvalue weighted by Gasteiger charge is -2.08. The summed E-state index contributed by atoms with van der Waals surface area (Å²) in [6.07, 6.45) is 0. The average molecular weight is 147 g/mol. The normalized spacial score (nSPS) is 13.4. The first-order valence-corrected chi connectivity index (χ1v) is 3.54. The molecule has 0 spiro atoms. The van der Waals surface area contributed by atoms with Crippen LogP contribution >= 0.6 is 12.6 Å². The van der Waals surface area contributed by atoms with Gasteiger partial charge in [-0.05, 0) is 6.92 Å². The third kappa shape index (κ3) is 4.33. The molecule has 0 rings (SSSR count). The van der Waals surface area contributed by atoms with Crippen LogP contribution < -0.4 is 5.32 Å². The van der Waals surface area contributed by atoms with Crippen molar-refractivity contribution in [2.24, 2.45) is 5.92 Å². The highest BCUT2D eigenvalue weighted by atomic mass is 32.1. The molecule has 0 radical (unpaired) electrons. The van der Waals surface area contributed by atoms with Crippen molar-refractivity contribution in [1.82, 2.24) is 5.32 Å². The van der Waals surface area contributed by atoms with Crippen LogP contribution in [0, 0.1) is 5.92 Å². The molecule has 1 N–H and O–H groups in total. The standard InChI is InChI=1S/C6H13NOS/c1-4(2)6(8)7-5(3)9/h4-5,9H,1-3H3,(H,7,8). The predicted molar refractivity (Wildman–Crippen MR) is 41.4 cm³/mol. The Morgan fingerprint density at radius 2 is 1.89 bits per heavy atom. The van der Waals surface area contributed by atoms with Gasteiger partial charge in [-0.3, -0.25) is 4.79 Å². The molecule has 0 saturated carbocycles. The van der Waals surface area contributed by atoms with E-state index in [4.69, 9.17) is 0 Å². The fraction of sp³-hybridized carbons (Fsp3) is 0.833. The number of hydrogen-bond acceptors (Lipinski definition) is 2. The summed E-state index contributed by atoms with van der Waals surface area (Å²) in [5.41, 5.74) is 0. The van der Waals surface area contributed by atoms with E-state index < -0.39 is 0 Å². The van der Waals surface area contributed by atoms with Gasteiger partial charge in [-0.25, -0.2) is 0 Å². The summed E-state index contributed by atoms with van der Waals surface area (Å²) in [4.78, 5) is 10.8. The van der Waals surface area contributed by atoms with E-state index in [-0.39, 0.29) is 17.2 Å². The molecule has 1 amide bonds. The molecule has 3 heteroatoms. The molecule has 0 aliphatic rings. The Morgan fingerprint density at radius 3 is 2.00 bits per heavy atom. The van der Waals surface area contributed by atoms with Gasteiger partial charge >= 0.3 is 0 Å². The lowest BCUT2D eigenvalue weighted by atomic mass is 10.2. The van der Waals surface area contributed by atoms with Crippen molar-refractivity contribution in [3.63, 3.8) is 0 Å². The third-order valence-electron chi connectivity index (χ3n) is 0.876. The van der Waals surface area contributed by atoms with Crippen LogP contribution in [0.3, 0.4) is 0 Å². The summed E-state index contributed by atoms with van der Waals surface area (Å²) in [5.74, 6) is 0.108. The van der Waals surface area contributed by atoms with Crippen LogP contribution in [0.25, 0.3) is 0 Å². The minimum absolute atomic E-state index is 0.0418. The Bertz CT molecular complexity index is 101. The topological polar surface area (TPSA) is 29.1 Å². The first-order chi connectivity index (χ1) is 4.04. The number of nitrogens with one attached hydrogen (secondary N) is 1. The zero-order valence-corrected chi connectivity index (χ0v) is 6.90. The highest BCUT2D eigenvalue weighted by Gasteiger charge is 2.06. The third-order valence-corrected chi connectivity index (χ3v) is 1.00. The molecular formula is C6H13NOS. The summed E-state index contributed by atoms with van der Waals surface area (Å²) in [5, 5.41) is 2.63. The molecule has 0 heterocycles. The second-order valence-corrected chi connectivity index (χ2v) is 3.11. The van der Waals surface area contributed by atoms with Crippen LogP contribution in [0.2, 0.25) is 0 Å². The van der Waals surface area contributed by atoms with Crippen LogP contribution in [-0.2, 0) is 4.79 Å². The smallest absolute Gasteiger partial charge is 0.223 e. The monoisotopic (exact) mass is 147 g/mol. The van der Waals surface area contributed by atoms with E-state index in [1.54, 1.807) is 0 Å². The summed E-state index contributed by atoms with van der Waals surface area (Å²) in [6, 6.07) is 0. The number of carbonyl (C=O) groups excluding carboxylic acids is 1. The van der Waals surface area contributed by atoms with E-state index in [2.05, 4.69) is 17.9 Å². The van der Waals surface area contributed by atoms with Gasteiger partial charge in [0.2, 0.25) is 5.91 Å². The van der Waals surface area contributed by atoms with Crippen LogP contribution in [0.5, 0.6) is 0 Å². The van der Waals surface area contributed by atoms with E-state index in [1.807, 2.05) is 20.8 Å². The van der Waals surface area contributed by atoms with Gasteiger partial charge in [-0.2, -0.15) is 12.6 Å². The SMILES string of the molecule is CC(S)NC(=O)C(C)C. The van der Waals surface area contributed by atoms with Crippen molar-refractivity contribution < 1.29 is 4.79 Å². The summed E-state index contributed by atoms with van der Waals surface area (Å²) >= 11 is 4.00. The number of rotatable bonds is 2. The molecule has 0 aliphatic carbocycles. The van der Waals surface area contributed by atoms with Crippen molar-refractivity contribution in [2.75, 3.05) is 0 Å². The Labute approximate surface area is 61.4 Å². The minimum Gasteiger partial charge on any atom is -0.345 e. The molecule has 54 valence electrons. The Hall–Kier alpha value is -0.180. The maximum absolute atomic E-state index is 10.8. The molecule has 0 bridgehead atoms. The number of hydrogen-bond donors (Lipinski definition) is 2. The first kappa shape index (κ1) is 8.82. The lowest BCUT2D eigenvalue weighted by molar-refractivity contribution is -0.124. The van der Waals surface area contributed by atoms with E-state index in [1.165, 1.54) is 0 Å². The molecule has 2 nitrogen and oxygen atoms in total. The molecule has 0 aliphatic heterocycles. The van der Waals surface area contributed by atoms with Gasteiger partial charge in [-0.1, -0.05) is 13.8 Å². The van der Waals surface area contributed by atoms with Gasteiger partial charge in [0.25, 0.3) is 0 Å². The minimum atomic E-state index is -0.0418. The molecule has 0 aromatic carbocycles. The Balaban J connectivity index is 3.51. The molecule has 1 unspecified atom stereocenters.